The fraction of sp³-hybridized carbons (Fsp3) is 0.533. The van der Waals surface area contributed by atoms with E-state index in [0.29, 0.717) is 13.0 Å². The number of carboxylic acids is 1. The molecule has 0 heterocycles. The number of aliphatic carboxylic acids is 1. The summed E-state index contributed by atoms with van der Waals surface area (Å²) in [4.78, 5) is 10.5. The van der Waals surface area contributed by atoms with Crippen LogP contribution in [-0.4, -0.2) is 35.2 Å². The Kier molecular flexibility index (Phi) is 7.47. The SMILES string of the molecule is Cc1cc(C)cc(OCCCSCCC(N)C(=O)O)c1. The number of carbonyl (C=O) groups is 1. The summed E-state index contributed by atoms with van der Waals surface area (Å²) in [6.45, 7) is 4.80. The first-order chi connectivity index (χ1) is 9.49. The highest BCUT2D eigenvalue weighted by molar-refractivity contribution is 7.99. The normalized spacial score (nSPS) is 12.2. The third-order valence-corrected chi connectivity index (χ3v) is 3.89. The predicted octanol–water partition coefficient (Wildman–Crippen LogP) is 2.61. The second-order valence-corrected chi connectivity index (χ2v) is 6.10. The minimum Gasteiger partial charge on any atom is -0.494 e. The average Bonchev–Trinajstić information content (AvgIpc) is 2.36. The van der Waals surface area contributed by atoms with Gasteiger partial charge in [0.15, 0.2) is 0 Å². The second kappa shape index (κ2) is 8.87. The summed E-state index contributed by atoms with van der Waals surface area (Å²) in [6, 6.07) is 5.45. The maximum atomic E-state index is 10.5. The highest BCUT2D eigenvalue weighted by Gasteiger charge is 2.09. The third kappa shape index (κ3) is 6.82. The Bertz CT molecular complexity index is 417. The Balaban J connectivity index is 2.09. The topological polar surface area (TPSA) is 72.5 Å². The van der Waals surface area contributed by atoms with Gasteiger partial charge in [0.25, 0.3) is 0 Å². The van der Waals surface area contributed by atoms with E-state index in [-0.39, 0.29) is 0 Å². The molecule has 0 fully saturated rings. The number of hydrogen-bond donors (Lipinski definition) is 2. The average molecular weight is 297 g/mol. The molecule has 0 aromatic heterocycles. The lowest BCUT2D eigenvalue weighted by atomic mass is 10.1. The first-order valence-electron chi connectivity index (χ1n) is 6.76. The van der Waals surface area contributed by atoms with Crippen molar-refractivity contribution < 1.29 is 14.6 Å². The largest absolute Gasteiger partial charge is 0.494 e. The van der Waals surface area contributed by atoms with Crippen molar-refractivity contribution in [3.05, 3.63) is 29.3 Å². The highest BCUT2D eigenvalue weighted by atomic mass is 32.2. The number of rotatable bonds is 9. The van der Waals surface area contributed by atoms with Crippen LogP contribution in [0.5, 0.6) is 5.75 Å². The number of aryl methyl sites for hydroxylation is 2. The van der Waals surface area contributed by atoms with Crippen LogP contribution in [-0.2, 0) is 4.79 Å². The van der Waals surface area contributed by atoms with Crippen molar-refractivity contribution in [1.29, 1.82) is 0 Å². The Morgan fingerprint density at radius 2 is 1.95 bits per heavy atom. The van der Waals surface area contributed by atoms with Gasteiger partial charge >= 0.3 is 5.97 Å². The lowest BCUT2D eigenvalue weighted by Gasteiger charge is -2.08. The molecule has 0 amide bonds. The molecule has 4 nitrogen and oxygen atoms in total. The van der Waals surface area contributed by atoms with E-state index in [2.05, 4.69) is 19.9 Å². The maximum absolute atomic E-state index is 10.5. The number of nitrogens with two attached hydrogens (primary N) is 1. The molecule has 0 aliphatic carbocycles. The van der Waals surface area contributed by atoms with E-state index in [1.54, 1.807) is 11.8 Å². The second-order valence-electron chi connectivity index (χ2n) is 4.87. The zero-order chi connectivity index (χ0) is 15.0. The van der Waals surface area contributed by atoms with Crippen molar-refractivity contribution in [3.63, 3.8) is 0 Å². The van der Waals surface area contributed by atoms with Gasteiger partial charge in [-0.3, -0.25) is 4.79 Å². The van der Waals surface area contributed by atoms with Crippen molar-refractivity contribution in [1.82, 2.24) is 0 Å². The first kappa shape index (κ1) is 16.9. The fourth-order valence-corrected chi connectivity index (χ4v) is 2.75. The van der Waals surface area contributed by atoms with Crippen molar-refractivity contribution in [2.75, 3.05) is 18.1 Å². The van der Waals surface area contributed by atoms with E-state index < -0.39 is 12.0 Å². The van der Waals surface area contributed by atoms with Crippen LogP contribution in [0.2, 0.25) is 0 Å². The van der Waals surface area contributed by atoms with Gasteiger partial charge in [0, 0.05) is 0 Å². The van der Waals surface area contributed by atoms with Gasteiger partial charge in [-0.2, -0.15) is 11.8 Å². The van der Waals surface area contributed by atoms with E-state index in [4.69, 9.17) is 15.6 Å². The van der Waals surface area contributed by atoms with Gasteiger partial charge in [0.05, 0.1) is 6.61 Å². The predicted molar refractivity (Wildman–Crippen MR) is 83.6 cm³/mol. The molecular formula is C15H23NO3S. The van der Waals surface area contributed by atoms with Crippen molar-refractivity contribution in [3.8, 4) is 5.75 Å². The molecule has 1 aromatic rings. The van der Waals surface area contributed by atoms with Gasteiger partial charge in [0.1, 0.15) is 11.8 Å². The van der Waals surface area contributed by atoms with Crippen LogP contribution in [0.4, 0.5) is 0 Å². The van der Waals surface area contributed by atoms with E-state index >= 15 is 0 Å². The Labute approximate surface area is 124 Å². The zero-order valence-electron chi connectivity index (χ0n) is 12.1. The molecule has 20 heavy (non-hydrogen) atoms. The van der Waals surface area contributed by atoms with E-state index in [1.165, 1.54) is 11.1 Å². The third-order valence-electron chi connectivity index (χ3n) is 2.79. The molecule has 5 heteroatoms. The molecule has 0 saturated heterocycles. The molecule has 0 radical (unpaired) electrons. The number of benzene rings is 1. The smallest absolute Gasteiger partial charge is 0.320 e. The van der Waals surface area contributed by atoms with Crippen LogP contribution in [0.1, 0.15) is 24.0 Å². The van der Waals surface area contributed by atoms with Gasteiger partial charge in [0.2, 0.25) is 0 Å². The van der Waals surface area contributed by atoms with Gasteiger partial charge in [-0.1, -0.05) is 6.07 Å². The molecule has 1 aromatic carbocycles. The molecule has 1 rings (SSSR count). The van der Waals surface area contributed by atoms with Crippen LogP contribution in [0.25, 0.3) is 0 Å². The first-order valence-corrected chi connectivity index (χ1v) is 7.91. The van der Waals surface area contributed by atoms with Crippen LogP contribution in [0.3, 0.4) is 0 Å². The number of thioether (sulfide) groups is 1. The number of hydrogen-bond acceptors (Lipinski definition) is 4. The summed E-state index contributed by atoms with van der Waals surface area (Å²) in [7, 11) is 0. The molecule has 112 valence electrons. The quantitative estimate of drug-likeness (QED) is 0.685. The molecule has 0 saturated carbocycles. The summed E-state index contributed by atoms with van der Waals surface area (Å²) < 4.78 is 5.70. The minimum atomic E-state index is -0.927. The molecular weight excluding hydrogens is 274 g/mol. The Hall–Kier alpha value is -1.20. The molecule has 1 unspecified atom stereocenters. The van der Waals surface area contributed by atoms with E-state index in [1.807, 2.05) is 12.1 Å². The Morgan fingerprint density at radius 3 is 2.55 bits per heavy atom. The summed E-state index contributed by atoms with van der Waals surface area (Å²) in [6.07, 6.45) is 1.46. The summed E-state index contributed by atoms with van der Waals surface area (Å²) in [5.74, 6) is 1.72. The number of ether oxygens (including phenoxy) is 1. The van der Waals surface area contributed by atoms with Crippen molar-refractivity contribution >= 4 is 17.7 Å². The van der Waals surface area contributed by atoms with Crippen molar-refractivity contribution in [2.45, 2.75) is 32.7 Å². The molecule has 0 aliphatic heterocycles. The maximum Gasteiger partial charge on any atom is 0.320 e. The van der Waals surface area contributed by atoms with Gasteiger partial charge in [-0.05, 0) is 61.5 Å². The summed E-state index contributed by atoms with van der Waals surface area (Å²) in [5, 5.41) is 8.64. The standard InChI is InChI=1S/C15H23NO3S/c1-11-8-12(2)10-13(9-11)19-5-3-6-20-7-4-14(16)15(17)18/h8-10,14H,3-7,16H2,1-2H3,(H,17,18). The fourth-order valence-electron chi connectivity index (χ4n) is 1.80. The number of carboxylic acid groups (broad SMARTS) is 1. The summed E-state index contributed by atoms with van der Waals surface area (Å²) in [5.41, 5.74) is 7.84. The van der Waals surface area contributed by atoms with Gasteiger partial charge in [-0.25, -0.2) is 0 Å². The molecule has 0 bridgehead atoms. The zero-order valence-corrected chi connectivity index (χ0v) is 12.9. The van der Waals surface area contributed by atoms with E-state index in [0.717, 1.165) is 23.7 Å². The monoisotopic (exact) mass is 297 g/mol. The van der Waals surface area contributed by atoms with Gasteiger partial charge in [-0.15, -0.1) is 0 Å². The molecule has 1 atom stereocenters. The molecule has 0 aliphatic rings. The molecule has 3 N–H and O–H groups in total. The lowest BCUT2D eigenvalue weighted by molar-refractivity contribution is -0.138. The Morgan fingerprint density at radius 1 is 1.30 bits per heavy atom. The van der Waals surface area contributed by atoms with Crippen LogP contribution in [0, 0.1) is 13.8 Å². The van der Waals surface area contributed by atoms with Crippen LogP contribution < -0.4 is 10.5 Å². The van der Waals surface area contributed by atoms with Crippen LogP contribution in [0.15, 0.2) is 18.2 Å². The summed E-state index contributed by atoms with van der Waals surface area (Å²) >= 11 is 1.72. The van der Waals surface area contributed by atoms with Gasteiger partial charge < -0.3 is 15.6 Å². The highest BCUT2D eigenvalue weighted by Crippen LogP contribution is 2.16. The van der Waals surface area contributed by atoms with E-state index in [9.17, 15) is 4.79 Å². The minimum absolute atomic E-state index is 0.512. The lowest BCUT2D eigenvalue weighted by Crippen LogP contribution is -2.30. The van der Waals surface area contributed by atoms with Crippen LogP contribution >= 0.6 is 11.8 Å². The van der Waals surface area contributed by atoms with Crippen molar-refractivity contribution in [2.24, 2.45) is 5.73 Å². The molecule has 0 spiro atoms.